The predicted octanol–water partition coefficient (Wildman–Crippen LogP) is 3.00. The van der Waals surface area contributed by atoms with Crippen molar-refractivity contribution in [3.63, 3.8) is 0 Å². The van der Waals surface area contributed by atoms with Gasteiger partial charge < -0.3 is 10.1 Å². The average Bonchev–Trinajstić information content (AvgIpc) is 3.19. The van der Waals surface area contributed by atoms with Crippen LogP contribution in [0.15, 0.2) is 58.1 Å². The fraction of sp³-hybridized carbons (Fsp3) is 0.176. The number of rotatable bonds is 8. The molecule has 0 aliphatic carbocycles. The number of hydrogen-bond donors (Lipinski definition) is 2. The van der Waals surface area contributed by atoms with Gasteiger partial charge in [-0.05, 0) is 41.6 Å². The number of anilines is 2. The zero-order valence-electron chi connectivity index (χ0n) is 14.0. The van der Waals surface area contributed by atoms with E-state index in [1.54, 1.807) is 30.7 Å². The van der Waals surface area contributed by atoms with E-state index >= 15 is 0 Å². The molecule has 0 unspecified atom stereocenters. The molecule has 2 aromatic heterocycles. The Balaban J connectivity index is 1.56. The molecule has 2 heterocycles. The quantitative estimate of drug-likeness (QED) is 0.614. The first kappa shape index (κ1) is 18.2. The first-order valence-corrected chi connectivity index (χ1v) is 10.2. The Labute approximate surface area is 156 Å². The van der Waals surface area contributed by atoms with Gasteiger partial charge in [-0.3, -0.25) is 4.72 Å². The van der Waals surface area contributed by atoms with E-state index in [2.05, 4.69) is 20.2 Å². The van der Waals surface area contributed by atoms with Gasteiger partial charge in [0.1, 0.15) is 15.8 Å². The molecule has 0 aliphatic heterocycles. The molecule has 2 N–H and O–H groups in total. The summed E-state index contributed by atoms with van der Waals surface area (Å²) in [6, 6.07) is 14.3. The van der Waals surface area contributed by atoms with Crippen LogP contribution >= 0.6 is 11.3 Å². The molecule has 3 aromatic rings. The summed E-state index contributed by atoms with van der Waals surface area (Å²) < 4.78 is 32.2. The summed E-state index contributed by atoms with van der Waals surface area (Å²) in [5.74, 6) is 1.59. The molecular weight excluding hydrogens is 372 g/mol. The Morgan fingerprint density at radius 3 is 2.50 bits per heavy atom. The molecule has 0 bridgehead atoms. The van der Waals surface area contributed by atoms with E-state index in [0.29, 0.717) is 12.4 Å². The van der Waals surface area contributed by atoms with Crippen LogP contribution in [-0.2, 0) is 16.4 Å². The fourth-order valence-electron chi connectivity index (χ4n) is 2.32. The number of sulfonamides is 1. The van der Waals surface area contributed by atoms with Crippen LogP contribution < -0.4 is 14.8 Å². The van der Waals surface area contributed by atoms with E-state index in [-0.39, 0.29) is 10.0 Å². The molecule has 1 aromatic carbocycles. The number of aromatic nitrogens is 2. The highest BCUT2D eigenvalue weighted by molar-refractivity contribution is 7.94. The number of nitrogens with zero attached hydrogens (tertiary/aromatic N) is 2. The average molecular weight is 390 g/mol. The third-order valence-electron chi connectivity index (χ3n) is 3.56. The number of hydrogen-bond acceptors (Lipinski definition) is 7. The van der Waals surface area contributed by atoms with Crippen LogP contribution in [0.25, 0.3) is 0 Å². The molecule has 0 spiro atoms. The molecule has 0 saturated heterocycles. The van der Waals surface area contributed by atoms with Crippen molar-refractivity contribution in [3.8, 4) is 5.75 Å². The van der Waals surface area contributed by atoms with E-state index in [1.165, 1.54) is 6.07 Å². The fourth-order valence-corrected chi connectivity index (χ4v) is 4.31. The summed E-state index contributed by atoms with van der Waals surface area (Å²) in [5, 5.41) is 12.8. The van der Waals surface area contributed by atoms with Crippen LogP contribution in [0.2, 0.25) is 0 Å². The van der Waals surface area contributed by atoms with E-state index in [4.69, 9.17) is 4.74 Å². The molecule has 3 rings (SSSR count). The van der Waals surface area contributed by atoms with E-state index in [9.17, 15) is 8.42 Å². The number of nitrogens with one attached hydrogen (secondary N) is 2. The van der Waals surface area contributed by atoms with Gasteiger partial charge in [-0.2, -0.15) is 0 Å². The number of thiophene rings is 1. The number of methoxy groups -OCH3 is 1. The molecular formula is C17H18N4O3S2. The molecule has 0 amide bonds. The van der Waals surface area contributed by atoms with Gasteiger partial charge in [-0.15, -0.1) is 21.5 Å². The molecule has 0 atom stereocenters. The summed E-state index contributed by atoms with van der Waals surface area (Å²) in [6.45, 7) is 0.648. The molecule has 9 heteroatoms. The zero-order chi connectivity index (χ0) is 18.4. The highest BCUT2D eigenvalue weighted by Crippen LogP contribution is 2.20. The molecule has 0 radical (unpaired) electrons. The SMILES string of the molecule is COc1ccccc1CCNc1ccc(NS(=O)(=O)c2cccs2)nn1. The van der Waals surface area contributed by atoms with Gasteiger partial charge in [0.25, 0.3) is 10.0 Å². The van der Waals surface area contributed by atoms with Gasteiger partial charge >= 0.3 is 0 Å². The van der Waals surface area contributed by atoms with Gasteiger partial charge in [-0.1, -0.05) is 24.3 Å². The zero-order valence-corrected chi connectivity index (χ0v) is 15.7. The summed E-state index contributed by atoms with van der Waals surface area (Å²) in [4.78, 5) is 0. The first-order valence-electron chi connectivity index (χ1n) is 7.84. The number of benzene rings is 1. The molecule has 7 nitrogen and oxygen atoms in total. The first-order chi connectivity index (χ1) is 12.6. The lowest BCUT2D eigenvalue weighted by Crippen LogP contribution is -2.13. The lowest BCUT2D eigenvalue weighted by atomic mass is 10.1. The maximum absolute atomic E-state index is 12.1. The molecule has 0 saturated carbocycles. The molecule has 0 aliphatic rings. The van der Waals surface area contributed by atoms with Gasteiger partial charge in [0.2, 0.25) is 0 Å². The van der Waals surface area contributed by atoms with Crippen molar-refractivity contribution in [2.75, 3.05) is 23.7 Å². The molecule has 0 fully saturated rings. The topological polar surface area (TPSA) is 93.2 Å². The van der Waals surface area contributed by atoms with Gasteiger partial charge in [0.15, 0.2) is 5.82 Å². The smallest absolute Gasteiger partial charge is 0.272 e. The lowest BCUT2D eigenvalue weighted by molar-refractivity contribution is 0.410. The predicted molar refractivity (Wildman–Crippen MR) is 102 cm³/mol. The summed E-state index contributed by atoms with van der Waals surface area (Å²) in [7, 11) is -1.97. The maximum atomic E-state index is 12.1. The lowest BCUT2D eigenvalue weighted by Gasteiger charge is -2.09. The van der Waals surface area contributed by atoms with Crippen molar-refractivity contribution in [3.05, 3.63) is 59.5 Å². The number of para-hydroxylation sites is 1. The Hall–Kier alpha value is -2.65. The van der Waals surface area contributed by atoms with Crippen LogP contribution in [0.4, 0.5) is 11.6 Å². The van der Waals surface area contributed by atoms with Crippen LogP contribution in [0.3, 0.4) is 0 Å². The Morgan fingerprint density at radius 1 is 1.04 bits per heavy atom. The van der Waals surface area contributed by atoms with Gasteiger partial charge in [0, 0.05) is 6.54 Å². The van der Waals surface area contributed by atoms with E-state index in [0.717, 1.165) is 29.1 Å². The number of ether oxygens (including phenoxy) is 1. The second kappa shape index (κ2) is 8.15. The summed E-state index contributed by atoms with van der Waals surface area (Å²) in [6.07, 6.45) is 0.762. The minimum atomic E-state index is -3.61. The van der Waals surface area contributed by atoms with Crippen molar-refractivity contribution in [2.24, 2.45) is 0 Å². The largest absolute Gasteiger partial charge is 0.496 e. The summed E-state index contributed by atoms with van der Waals surface area (Å²) >= 11 is 1.14. The second-order valence-corrected chi connectivity index (χ2v) is 8.19. The van der Waals surface area contributed by atoms with Gasteiger partial charge in [-0.25, -0.2) is 8.42 Å². The highest BCUT2D eigenvalue weighted by Gasteiger charge is 2.15. The molecule has 26 heavy (non-hydrogen) atoms. The van der Waals surface area contributed by atoms with Crippen molar-refractivity contribution in [1.29, 1.82) is 0 Å². The second-order valence-electron chi connectivity index (χ2n) is 5.33. The van der Waals surface area contributed by atoms with E-state index in [1.807, 2.05) is 24.3 Å². The highest BCUT2D eigenvalue weighted by atomic mass is 32.2. The minimum absolute atomic E-state index is 0.175. The normalized spacial score (nSPS) is 11.1. The monoisotopic (exact) mass is 390 g/mol. The third kappa shape index (κ3) is 4.50. The Kier molecular flexibility index (Phi) is 5.69. The Morgan fingerprint density at radius 2 is 1.81 bits per heavy atom. The van der Waals surface area contributed by atoms with Crippen LogP contribution in [0.5, 0.6) is 5.75 Å². The van der Waals surface area contributed by atoms with E-state index < -0.39 is 10.0 Å². The van der Waals surface area contributed by atoms with Crippen LogP contribution in [0, 0.1) is 0 Å². The minimum Gasteiger partial charge on any atom is -0.496 e. The van der Waals surface area contributed by atoms with Crippen molar-refractivity contribution < 1.29 is 13.2 Å². The maximum Gasteiger partial charge on any atom is 0.272 e. The van der Waals surface area contributed by atoms with Crippen molar-refractivity contribution in [2.45, 2.75) is 10.6 Å². The van der Waals surface area contributed by atoms with Gasteiger partial charge in [0.05, 0.1) is 7.11 Å². The third-order valence-corrected chi connectivity index (χ3v) is 6.31. The van der Waals surface area contributed by atoms with Crippen LogP contribution in [0.1, 0.15) is 5.56 Å². The van der Waals surface area contributed by atoms with Crippen molar-refractivity contribution in [1.82, 2.24) is 10.2 Å². The molecule has 136 valence electrons. The van der Waals surface area contributed by atoms with Crippen LogP contribution in [-0.4, -0.2) is 32.3 Å². The van der Waals surface area contributed by atoms with Crippen molar-refractivity contribution >= 4 is 33.0 Å². The standard InChI is InChI=1S/C17H18N4O3S2/c1-24-14-6-3-2-5-13(14)10-11-18-15-8-9-16(20-19-15)21-26(22,23)17-7-4-12-25-17/h2-9,12H,10-11H2,1H3,(H,18,19)(H,20,21). The summed E-state index contributed by atoms with van der Waals surface area (Å²) in [5.41, 5.74) is 1.09. The Bertz CT molecular complexity index is 942.